The predicted molar refractivity (Wildman–Crippen MR) is 209 cm³/mol. The van der Waals surface area contributed by atoms with E-state index in [0.717, 1.165) is 43.9 Å². The lowest BCUT2D eigenvalue weighted by Crippen LogP contribution is -2.60. The molecule has 0 bridgehead atoms. The van der Waals surface area contributed by atoms with E-state index in [1.165, 1.54) is 83.5 Å². The van der Waals surface area contributed by atoms with Crippen molar-refractivity contribution in [3.63, 3.8) is 0 Å². The van der Waals surface area contributed by atoms with Crippen molar-refractivity contribution in [2.45, 2.75) is 211 Å². The standard InChI is InChI=1S/C42H79NO9/c1-32(2)26-22-18-14-10-6-5-7-12-16-20-24-28-35(45)34(31-51-42-40(49)39(48)38(47)37(30-44)52-42)43-41(50)36(46)29-25-21-17-13-9-8-11-15-19-23-27-33(3)4/h7,12,24,28,32-40,42,44-49H,5-6,8-11,13-23,25-27,29-31H2,1-4H3,(H,43,50)/b12-7+,28-24+/t34-,35+,36+,37-,38+,39+,40-,42-/m0/s1. The Morgan fingerprint density at radius 2 is 1.13 bits per heavy atom. The summed E-state index contributed by atoms with van der Waals surface area (Å²) >= 11 is 0. The molecule has 52 heavy (non-hydrogen) atoms. The largest absolute Gasteiger partial charge is 0.394 e. The highest BCUT2D eigenvalue weighted by molar-refractivity contribution is 5.80. The van der Waals surface area contributed by atoms with E-state index in [2.05, 4.69) is 45.2 Å². The van der Waals surface area contributed by atoms with Gasteiger partial charge in [-0.05, 0) is 43.9 Å². The van der Waals surface area contributed by atoms with E-state index in [9.17, 15) is 35.4 Å². The normalized spacial score (nSPS) is 22.9. The Labute approximate surface area is 316 Å². The molecule has 0 radical (unpaired) electrons. The lowest BCUT2D eigenvalue weighted by Gasteiger charge is -2.40. The van der Waals surface area contributed by atoms with Crippen LogP contribution < -0.4 is 5.32 Å². The summed E-state index contributed by atoms with van der Waals surface area (Å²) in [5.41, 5.74) is 0. The van der Waals surface area contributed by atoms with Gasteiger partial charge < -0.3 is 45.4 Å². The SMILES string of the molecule is CC(C)CCCCCCC/C=C/CC/C=C/[C@@H](O)[C@H](CO[C@H]1O[C@@H](CO)[C@@H](O)[C@@H](O)[C@@H]1O)NC(=O)[C@H](O)CCCCCCCCCCCCC(C)C. The third-order valence-corrected chi connectivity index (χ3v) is 9.99. The van der Waals surface area contributed by atoms with Crippen LogP contribution in [0.25, 0.3) is 0 Å². The Hall–Kier alpha value is -1.37. The summed E-state index contributed by atoms with van der Waals surface area (Å²) in [5, 5.41) is 64.4. The molecule has 0 spiro atoms. The van der Waals surface area contributed by atoms with E-state index in [-0.39, 0.29) is 6.61 Å². The molecule has 1 aliphatic rings. The minimum absolute atomic E-state index is 0.304. The first-order valence-corrected chi connectivity index (χ1v) is 20.9. The zero-order valence-electron chi connectivity index (χ0n) is 33.3. The number of allylic oxidation sites excluding steroid dienone is 3. The number of carbonyl (C=O) groups is 1. The number of aliphatic hydroxyl groups excluding tert-OH is 6. The van der Waals surface area contributed by atoms with Crippen LogP contribution >= 0.6 is 0 Å². The van der Waals surface area contributed by atoms with E-state index < -0.39 is 61.5 Å². The fraction of sp³-hybridized carbons (Fsp3) is 0.881. The molecule has 10 nitrogen and oxygen atoms in total. The molecule has 1 rings (SSSR count). The molecule has 0 saturated carbocycles. The molecule has 1 aliphatic heterocycles. The summed E-state index contributed by atoms with van der Waals surface area (Å²) in [7, 11) is 0. The minimum Gasteiger partial charge on any atom is -0.394 e. The number of aliphatic hydroxyl groups is 6. The van der Waals surface area contributed by atoms with E-state index in [0.29, 0.717) is 19.3 Å². The van der Waals surface area contributed by atoms with Gasteiger partial charge in [-0.1, -0.05) is 155 Å². The van der Waals surface area contributed by atoms with Crippen LogP contribution in [0.4, 0.5) is 0 Å². The van der Waals surface area contributed by atoms with Crippen molar-refractivity contribution in [2.75, 3.05) is 13.2 Å². The Bertz CT molecular complexity index is 912. The number of amides is 1. The number of ether oxygens (including phenoxy) is 2. The molecule has 0 aliphatic carbocycles. The molecule has 306 valence electrons. The second-order valence-electron chi connectivity index (χ2n) is 15.9. The summed E-state index contributed by atoms with van der Waals surface area (Å²) in [6.07, 6.45) is 21.4. The Balaban J connectivity index is 2.52. The molecule has 1 heterocycles. The number of carbonyl (C=O) groups excluding carboxylic acids is 1. The van der Waals surface area contributed by atoms with Crippen molar-refractivity contribution in [1.82, 2.24) is 5.32 Å². The van der Waals surface area contributed by atoms with Crippen LogP contribution in [0.2, 0.25) is 0 Å². The third-order valence-electron chi connectivity index (χ3n) is 9.99. The molecule has 1 amide bonds. The molecule has 0 aromatic heterocycles. The number of unbranched alkanes of at least 4 members (excludes halogenated alkanes) is 15. The first-order chi connectivity index (χ1) is 25.0. The zero-order chi connectivity index (χ0) is 38.6. The van der Waals surface area contributed by atoms with Gasteiger partial charge in [0.15, 0.2) is 6.29 Å². The lowest BCUT2D eigenvalue weighted by molar-refractivity contribution is -0.302. The highest BCUT2D eigenvalue weighted by atomic mass is 16.7. The average Bonchev–Trinajstić information content (AvgIpc) is 3.11. The maximum atomic E-state index is 13.0. The average molecular weight is 742 g/mol. The second kappa shape index (κ2) is 30.9. The van der Waals surface area contributed by atoms with Crippen LogP contribution in [0.5, 0.6) is 0 Å². The third kappa shape index (κ3) is 23.4. The molecule has 1 saturated heterocycles. The first kappa shape index (κ1) is 48.6. The van der Waals surface area contributed by atoms with Gasteiger partial charge in [0, 0.05) is 0 Å². The maximum Gasteiger partial charge on any atom is 0.249 e. The van der Waals surface area contributed by atoms with Gasteiger partial charge in [0.1, 0.15) is 30.5 Å². The predicted octanol–water partition coefficient (Wildman–Crippen LogP) is 6.63. The van der Waals surface area contributed by atoms with Gasteiger partial charge in [0.2, 0.25) is 5.91 Å². The Morgan fingerprint density at radius 3 is 1.67 bits per heavy atom. The van der Waals surface area contributed by atoms with Crippen molar-refractivity contribution in [3.8, 4) is 0 Å². The number of rotatable bonds is 32. The summed E-state index contributed by atoms with van der Waals surface area (Å²) in [5.74, 6) is 0.939. The Kier molecular flexibility index (Phi) is 28.9. The highest BCUT2D eigenvalue weighted by Crippen LogP contribution is 2.22. The lowest BCUT2D eigenvalue weighted by atomic mass is 9.99. The second-order valence-corrected chi connectivity index (χ2v) is 15.9. The zero-order valence-corrected chi connectivity index (χ0v) is 33.3. The fourth-order valence-electron chi connectivity index (χ4n) is 6.49. The quantitative estimate of drug-likeness (QED) is 0.0296. The molecular formula is C42H79NO9. The fourth-order valence-corrected chi connectivity index (χ4v) is 6.49. The number of hydrogen-bond acceptors (Lipinski definition) is 9. The van der Waals surface area contributed by atoms with Crippen LogP contribution in [-0.4, -0.2) is 98.7 Å². The van der Waals surface area contributed by atoms with Gasteiger partial charge in [-0.2, -0.15) is 0 Å². The van der Waals surface area contributed by atoms with Crippen LogP contribution in [-0.2, 0) is 14.3 Å². The highest BCUT2D eigenvalue weighted by Gasteiger charge is 2.44. The van der Waals surface area contributed by atoms with Crippen LogP contribution in [0.3, 0.4) is 0 Å². The molecule has 1 fully saturated rings. The molecule has 0 aromatic rings. The smallest absolute Gasteiger partial charge is 0.249 e. The van der Waals surface area contributed by atoms with E-state index in [4.69, 9.17) is 9.47 Å². The summed E-state index contributed by atoms with van der Waals surface area (Å²) < 4.78 is 11.1. The summed E-state index contributed by atoms with van der Waals surface area (Å²) in [6.45, 7) is 8.17. The van der Waals surface area contributed by atoms with Gasteiger partial charge in [-0.3, -0.25) is 4.79 Å². The molecule has 10 heteroatoms. The van der Waals surface area contributed by atoms with Crippen LogP contribution in [0, 0.1) is 11.8 Å². The first-order valence-electron chi connectivity index (χ1n) is 20.9. The molecule has 7 N–H and O–H groups in total. The van der Waals surface area contributed by atoms with E-state index >= 15 is 0 Å². The van der Waals surface area contributed by atoms with Gasteiger partial charge in [0.05, 0.1) is 25.4 Å². The van der Waals surface area contributed by atoms with E-state index in [1.54, 1.807) is 6.08 Å². The van der Waals surface area contributed by atoms with Gasteiger partial charge in [0.25, 0.3) is 0 Å². The van der Waals surface area contributed by atoms with Gasteiger partial charge >= 0.3 is 0 Å². The van der Waals surface area contributed by atoms with Crippen molar-refractivity contribution in [2.24, 2.45) is 11.8 Å². The van der Waals surface area contributed by atoms with Crippen molar-refractivity contribution < 1.29 is 44.9 Å². The van der Waals surface area contributed by atoms with Gasteiger partial charge in [-0.25, -0.2) is 0 Å². The van der Waals surface area contributed by atoms with Crippen molar-refractivity contribution in [1.29, 1.82) is 0 Å². The molecule has 0 aromatic carbocycles. The molecule has 0 unspecified atom stereocenters. The summed E-state index contributed by atoms with van der Waals surface area (Å²) in [6, 6.07) is -0.993. The van der Waals surface area contributed by atoms with Crippen LogP contribution in [0.1, 0.15) is 163 Å². The Morgan fingerprint density at radius 1 is 0.654 bits per heavy atom. The van der Waals surface area contributed by atoms with Crippen molar-refractivity contribution in [3.05, 3.63) is 24.3 Å². The number of hydrogen-bond donors (Lipinski definition) is 7. The maximum absolute atomic E-state index is 13.0. The molecular weight excluding hydrogens is 662 g/mol. The van der Waals surface area contributed by atoms with Crippen molar-refractivity contribution >= 4 is 5.91 Å². The monoisotopic (exact) mass is 742 g/mol. The van der Waals surface area contributed by atoms with Crippen LogP contribution in [0.15, 0.2) is 24.3 Å². The number of nitrogens with one attached hydrogen (secondary N) is 1. The topological polar surface area (TPSA) is 169 Å². The minimum atomic E-state index is -1.61. The molecule has 8 atom stereocenters. The summed E-state index contributed by atoms with van der Waals surface area (Å²) in [4.78, 5) is 13.0. The van der Waals surface area contributed by atoms with E-state index in [1.807, 2.05) is 6.08 Å². The van der Waals surface area contributed by atoms with Gasteiger partial charge in [-0.15, -0.1) is 0 Å².